The maximum absolute atomic E-state index is 11.0. The van der Waals surface area contributed by atoms with Crippen molar-refractivity contribution in [3.8, 4) is 0 Å². The lowest BCUT2D eigenvalue weighted by Gasteiger charge is -2.16. The highest BCUT2D eigenvalue weighted by Crippen LogP contribution is 2.25. The standard InChI is InChI=1S/C14H21BrN2O2/c1-3-5-13(16-4-2)9-7-11-6-8-12(15)10-14(11)17(18)19/h6,8,10,13,16H,3-5,7,9H2,1-2H3. The topological polar surface area (TPSA) is 55.2 Å². The molecule has 0 aliphatic heterocycles. The molecule has 1 aromatic rings. The van der Waals surface area contributed by atoms with Crippen molar-refractivity contribution < 1.29 is 4.92 Å². The van der Waals surface area contributed by atoms with Gasteiger partial charge in [-0.1, -0.05) is 42.3 Å². The van der Waals surface area contributed by atoms with E-state index in [1.54, 1.807) is 6.07 Å². The van der Waals surface area contributed by atoms with Gasteiger partial charge in [0.2, 0.25) is 0 Å². The van der Waals surface area contributed by atoms with Crippen LogP contribution < -0.4 is 5.32 Å². The Morgan fingerprint density at radius 2 is 2.11 bits per heavy atom. The molecule has 0 aliphatic rings. The van der Waals surface area contributed by atoms with Gasteiger partial charge in [0.05, 0.1) is 4.92 Å². The smallest absolute Gasteiger partial charge is 0.273 e. The predicted octanol–water partition coefficient (Wildman–Crippen LogP) is 4.07. The summed E-state index contributed by atoms with van der Waals surface area (Å²) in [5.74, 6) is 0. The summed E-state index contributed by atoms with van der Waals surface area (Å²) in [5.41, 5.74) is 1.02. The molecule has 0 aromatic heterocycles. The molecule has 0 spiro atoms. The number of halogens is 1. The van der Waals surface area contributed by atoms with Gasteiger partial charge >= 0.3 is 0 Å². The highest BCUT2D eigenvalue weighted by molar-refractivity contribution is 9.10. The zero-order chi connectivity index (χ0) is 14.3. The summed E-state index contributed by atoms with van der Waals surface area (Å²) in [4.78, 5) is 10.7. The minimum Gasteiger partial charge on any atom is -0.314 e. The number of nitrogens with zero attached hydrogens (tertiary/aromatic N) is 1. The first-order valence-corrected chi connectivity index (χ1v) is 7.54. The third kappa shape index (κ3) is 5.28. The van der Waals surface area contributed by atoms with Crippen LogP contribution in [0.2, 0.25) is 0 Å². The van der Waals surface area contributed by atoms with Crippen molar-refractivity contribution in [1.82, 2.24) is 5.32 Å². The van der Waals surface area contributed by atoms with E-state index in [0.717, 1.165) is 42.3 Å². The van der Waals surface area contributed by atoms with Crippen LogP contribution in [0.4, 0.5) is 5.69 Å². The van der Waals surface area contributed by atoms with Crippen LogP contribution in [0.3, 0.4) is 0 Å². The molecule has 1 atom stereocenters. The Bertz CT molecular complexity index is 418. The molecule has 0 aliphatic carbocycles. The molecule has 0 heterocycles. The van der Waals surface area contributed by atoms with Crippen molar-refractivity contribution in [3.05, 3.63) is 38.3 Å². The maximum atomic E-state index is 11.0. The fourth-order valence-corrected chi connectivity index (χ4v) is 2.58. The molecule has 1 aromatic carbocycles. The van der Waals surface area contributed by atoms with Gasteiger partial charge in [-0.3, -0.25) is 10.1 Å². The molecule has 106 valence electrons. The lowest BCUT2D eigenvalue weighted by molar-refractivity contribution is -0.385. The zero-order valence-corrected chi connectivity index (χ0v) is 13.1. The number of benzene rings is 1. The third-order valence-corrected chi connectivity index (χ3v) is 3.63. The Hall–Kier alpha value is -0.940. The van der Waals surface area contributed by atoms with Crippen molar-refractivity contribution in [2.45, 2.75) is 45.6 Å². The lowest BCUT2D eigenvalue weighted by atomic mass is 10.0. The van der Waals surface area contributed by atoms with E-state index in [1.807, 2.05) is 12.1 Å². The summed E-state index contributed by atoms with van der Waals surface area (Å²) in [6.07, 6.45) is 3.91. The Labute approximate surface area is 122 Å². The van der Waals surface area contributed by atoms with Crippen LogP contribution in [-0.2, 0) is 6.42 Å². The van der Waals surface area contributed by atoms with E-state index in [1.165, 1.54) is 0 Å². The molecule has 0 radical (unpaired) electrons. The molecular weight excluding hydrogens is 308 g/mol. The van der Waals surface area contributed by atoms with Gasteiger partial charge in [-0.05, 0) is 31.9 Å². The number of rotatable bonds is 8. The Kier molecular flexibility index (Phi) is 7.02. The minimum atomic E-state index is -0.303. The Balaban J connectivity index is 2.73. The predicted molar refractivity (Wildman–Crippen MR) is 81.5 cm³/mol. The van der Waals surface area contributed by atoms with Crippen LogP contribution >= 0.6 is 15.9 Å². The van der Waals surface area contributed by atoms with Crippen LogP contribution in [0.1, 0.15) is 38.7 Å². The Morgan fingerprint density at radius 3 is 2.68 bits per heavy atom. The summed E-state index contributed by atoms with van der Waals surface area (Å²) in [5, 5.41) is 14.5. The first-order valence-electron chi connectivity index (χ1n) is 6.74. The molecule has 19 heavy (non-hydrogen) atoms. The number of aryl methyl sites for hydroxylation is 1. The molecule has 0 saturated carbocycles. The van der Waals surface area contributed by atoms with Gasteiger partial charge in [0, 0.05) is 22.1 Å². The third-order valence-electron chi connectivity index (χ3n) is 3.14. The van der Waals surface area contributed by atoms with Crippen molar-refractivity contribution in [2.24, 2.45) is 0 Å². The van der Waals surface area contributed by atoms with Crippen LogP contribution in [0, 0.1) is 10.1 Å². The molecular formula is C14H21BrN2O2. The number of nitro benzene ring substituents is 1. The van der Waals surface area contributed by atoms with Crippen molar-refractivity contribution in [3.63, 3.8) is 0 Å². The van der Waals surface area contributed by atoms with Crippen LogP contribution in [0.25, 0.3) is 0 Å². The Morgan fingerprint density at radius 1 is 1.37 bits per heavy atom. The summed E-state index contributed by atoms with van der Waals surface area (Å²) < 4.78 is 0.750. The number of hydrogen-bond acceptors (Lipinski definition) is 3. The van der Waals surface area contributed by atoms with Crippen LogP contribution in [-0.4, -0.2) is 17.5 Å². The largest absolute Gasteiger partial charge is 0.314 e. The second kappa shape index (κ2) is 8.27. The highest BCUT2D eigenvalue weighted by atomic mass is 79.9. The minimum absolute atomic E-state index is 0.209. The van der Waals surface area contributed by atoms with Gasteiger partial charge in [-0.25, -0.2) is 0 Å². The van der Waals surface area contributed by atoms with Crippen molar-refractivity contribution >= 4 is 21.6 Å². The average molecular weight is 329 g/mol. The lowest BCUT2D eigenvalue weighted by Crippen LogP contribution is -2.29. The van der Waals surface area contributed by atoms with E-state index < -0.39 is 0 Å². The molecule has 0 bridgehead atoms. The highest BCUT2D eigenvalue weighted by Gasteiger charge is 2.15. The van der Waals surface area contributed by atoms with Crippen LogP contribution in [0.15, 0.2) is 22.7 Å². The number of nitrogens with one attached hydrogen (secondary N) is 1. The second-order valence-corrected chi connectivity index (χ2v) is 5.53. The van der Waals surface area contributed by atoms with E-state index in [9.17, 15) is 10.1 Å². The summed E-state index contributed by atoms with van der Waals surface area (Å²) >= 11 is 3.28. The van der Waals surface area contributed by atoms with Gasteiger partial charge in [-0.15, -0.1) is 0 Å². The molecule has 0 saturated heterocycles. The van der Waals surface area contributed by atoms with Gasteiger partial charge in [-0.2, -0.15) is 0 Å². The van der Waals surface area contributed by atoms with Gasteiger partial charge < -0.3 is 5.32 Å². The van der Waals surface area contributed by atoms with Gasteiger partial charge in [0.15, 0.2) is 0 Å². The van der Waals surface area contributed by atoms with Crippen molar-refractivity contribution in [1.29, 1.82) is 0 Å². The molecule has 0 amide bonds. The molecule has 5 heteroatoms. The maximum Gasteiger partial charge on any atom is 0.273 e. The second-order valence-electron chi connectivity index (χ2n) is 4.61. The average Bonchev–Trinajstić information content (AvgIpc) is 2.37. The van der Waals surface area contributed by atoms with E-state index in [-0.39, 0.29) is 10.6 Å². The van der Waals surface area contributed by atoms with E-state index in [0.29, 0.717) is 6.04 Å². The molecule has 0 fully saturated rings. The van der Waals surface area contributed by atoms with Crippen molar-refractivity contribution in [2.75, 3.05) is 6.54 Å². The first kappa shape index (κ1) is 16.1. The summed E-state index contributed by atoms with van der Waals surface area (Å²) in [6, 6.07) is 5.73. The SMILES string of the molecule is CCCC(CCc1ccc(Br)cc1[N+](=O)[O-])NCC. The number of nitro groups is 1. The fraction of sp³-hybridized carbons (Fsp3) is 0.571. The monoisotopic (exact) mass is 328 g/mol. The van der Waals surface area contributed by atoms with E-state index in [4.69, 9.17) is 0 Å². The molecule has 1 unspecified atom stereocenters. The molecule has 4 nitrogen and oxygen atoms in total. The number of hydrogen-bond donors (Lipinski definition) is 1. The first-order chi connectivity index (χ1) is 9.08. The van der Waals surface area contributed by atoms with Crippen LogP contribution in [0.5, 0.6) is 0 Å². The summed E-state index contributed by atoms with van der Waals surface area (Å²) in [7, 11) is 0. The normalized spacial score (nSPS) is 12.4. The van der Waals surface area contributed by atoms with Gasteiger partial charge in [0.25, 0.3) is 5.69 Å². The molecule has 1 rings (SSSR count). The summed E-state index contributed by atoms with van der Waals surface area (Å²) in [6.45, 7) is 5.18. The quantitative estimate of drug-likeness (QED) is 0.578. The fourth-order valence-electron chi connectivity index (χ4n) is 2.23. The van der Waals surface area contributed by atoms with E-state index >= 15 is 0 Å². The van der Waals surface area contributed by atoms with Gasteiger partial charge in [0.1, 0.15) is 0 Å². The zero-order valence-electron chi connectivity index (χ0n) is 11.5. The molecule has 1 N–H and O–H groups in total. The van der Waals surface area contributed by atoms with E-state index in [2.05, 4.69) is 35.1 Å².